The van der Waals surface area contributed by atoms with E-state index in [4.69, 9.17) is 5.73 Å². The van der Waals surface area contributed by atoms with Crippen LogP contribution in [0.1, 0.15) is 38.7 Å². The van der Waals surface area contributed by atoms with E-state index in [-0.39, 0.29) is 5.91 Å². The zero-order chi connectivity index (χ0) is 13.9. The number of amides is 1. The smallest absolute Gasteiger partial charge is 0.226 e. The van der Waals surface area contributed by atoms with E-state index < -0.39 is 0 Å². The molecule has 0 aliphatic carbocycles. The molecule has 19 heavy (non-hydrogen) atoms. The summed E-state index contributed by atoms with van der Waals surface area (Å²) in [5.41, 5.74) is 7.85. The topological polar surface area (TPSA) is 46.3 Å². The van der Waals surface area contributed by atoms with Gasteiger partial charge in [0, 0.05) is 18.8 Å². The molecule has 1 aliphatic rings. The van der Waals surface area contributed by atoms with Gasteiger partial charge < -0.3 is 10.6 Å². The maximum absolute atomic E-state index is 12.3. The van der Waals surface area contributed by atoms with E-state index in [1.54, 1.807) is 0 Å². The third-order valence-corrected chi connectivity index (χ3v) is 4.00. The fourth-order valence-electron chi connectivity index (χ4n) is 2.66. The molecule has 1 saturated heterocycles. The van der Waals surface area contributed by atoms with Crippen molar-refractivity contribution in [1.29, 1.82) is 0 Å². The minimum absolute atomic E-state index is 0.225. The number of nitrogen functional groups attached to an aromatic ring is 1. The lowest BCUT2D eigenvalue weighted by Crippen LogP contribution is -2.33. The van der Waals surface area contributed by atoms with Crippen LogP contribution >= 0.6 is 0 Å². The summed E-state index contributed by atoms with van der Waals surface area (Å²) >= 11 is 0. The molecule has 1 aromatic carbocycles. The van der Waals surface area contributed by atoms with Crippen LogP contribution in [0.15, 0.2) is 24.3 Å². The molecular weight excluding hydrogens is 236 g/mol. The van der Waals surface area contributed by atoms with E-state index in [1.165, 1.54) is 6.42 Å². The minimum Gasteiger partial charge on any atom is -0.399 e. The predicted molar refractivity (Wildman–Crippen MR) is 78.8 cm³/mol. The van der Waals surface area contributed by atoms with Gasteiger partial charge >= 0.3 is 0 Å². The molecule has 0 spiro atoms. The first-order valence-electron chi connectivity index (χ1n) is 7.08. The number of nitrogens with two attached hydrogens (primary N) is 1. The zero-order valence-electron chi connectivity index (χ0n) is 12.0. The van der Waals surface area contributed by atoms with Crippen LogP contribution in [0.2, 0.25) is 0 Å². The SMILES string of the molecule is CC1(C)CCCN(C(=O)Cc2cccc(N)c2)CC1. The molecule has 3 nitrogen and oxygen atoms in total. The lowest BCUT2D eigenvalue weighted by Gasteiger charge is -2.23. The second-order valence-electron chi connectivity index (χ2n) is 6.32. The molecule has 1 aliphatic heterocycles. The van der Waals surface area contributed by atoms with Crippen LogP contribution in [0.5, 0.6) is 0 Å². The van der Waals surface area contributed by atoms with Crippen molar-refractivity contribution in [1.82, 2.24) is 4.90 Å². The second-order valence-corrected chi connectivity index (χ2v) is 6.32. The molecule has 2 rings (SSSR count). The highest BCUT2D eigenvalue weighted by Crippen LogP contribution is 2.29. The first-order valence-corrected chi connectivity index (χ1v) is 7.08. The van der Waals surface area contributed by atoms with Crippen molar-refractivity contribution in [3.8, 4) is 0 Å². The van der Waals surface area contributed by atoms with Gasteiger partial charge in [-0.25, -0.2) is 0 Å². The lowest BCUT2D eigenvalue weighted by molar-refractivity contribution is -0.130. The Labute approximate surface area is 115 Å². The monoisotopic (exact) mass is 260 g/mol. The van der Waals surface area contributed by atoms with Gasteiger partial charge in [-0.15, -0.1) is 0 Å². The van der Waals surface area contributed by atoms with E-state index in [1.807, 2.05) is 29.2 Å². The van der Waals surface area contributed by atoms with Gasteiger partial charge in [0.05, 0.1) is 6.42 Å². The van der Waals surface area contributed by atoms with E-state index >= 15 is 0 Å². The molecule has 0 radical (unpaired) electrons. The molecule has 0 atom stereocenters. The number of likely N-dealkylation sites (tertiary alicyclic amines) is 1. The third-order valence-electron chi connectivity index (χ3n) is 4.00. The molecule has 1 amide bonds. The van der Waals surface area contributed by atoms with Crippen molar-refractivity contribution in [2.75, 3.05) is 18.8 Å². The molecule has 2 N–H and O–H groups in total. The van der Waals surface area contributed by atoms with Gasteiger partial charge in [-0.05, 0) is 42.4 Å². The average Bonchev–Trinajstić information content (AvgIpc) is 2.50. The van der Waals surface area contributed by atoms with Gasteiger partial charge in [-0.3, -0.25) is 4.79 Å². The standard InChI is InChI=1S/C16H24N2O/c1-16(2)7-4-9-18(10-8-16)15(19)12-13-5-3-6-14(17)11-13/h3,5-6,11H,4,7-10,12,17H2,1-2H3. The molecule has 1 fully saturated rings. The van der Waals surface area contributed by atoms with E-state index in [0.717, 1.165) is 37.2 Å². The summed E-state index contributed by atoms with van der Waals surface area (Å²) in [6, 6.07) is 7.61. The number of carbonyl (C=O) groups excluding carboxylic acids is 1. The van der Waals surface area contributed by atoms with E-state index in [2.05, 4.69) is 13.8 Å². The van der Waals surface area contributed by atoms with Crippen LogP contribution in [0.3, 0.4) is 0 Å². The van der Waals surface area contributed by atoms with Crippen LogP contribution in [0.4, 0.5) is 5.69 Å². The maximum Gasteiger partial charge on any atom is 0.226 e. The van der Waals surface area contributed by atoms with E-state index in [9.17, 15) is 4.79 Å². The number of hydrogen-bond donors (Lipinski definition) is 1. The number of carbonyl (C=O) groups is 1. The van der Waals surface area contributed by atoms with Crippen LogP contribution in [-0.4, -0.2) is 23.9 Å². The number of nitrogens with zero attached hydrogens (tertiary/aromatic N) is 1. The predicted octanol–water partition coefficient (Wildman–Crippen LogP) is 2.85. The Kier molecular flexibility index (Phi) is 4.13. The van der Waals surface area contributed by atoms with Crippen molar-refractivity contribution < 1.29 is 4.79 Å². The Hall–Kier alpha value is -1.51. The van der Waals surface area contributed by atoms with Crippen molar-refractivity contribution in [2.24, 2.45) is 5.41 Å². The Morgan fingerprint density at radius 3 is 2.84 bits per heavy atom. The number of anilines is 1. The van der Waals surface area contributed by atoms with Gasteiger partial charge in [0.25, 0.3) is 0 Å². The first kappa shape index (κ1) is 13.9. The van der Waals surface area contributed by atoms with Gasteiger partial charge in [0.15, 0.2) is 0 Å². The maximum atomic E-state index is 12.3. The highest BCUT2D eigenvalue weighted by atomic mass is 16.2. The van der Waals surface area contributed by atoms with Crippen LogP contribution in [-0.2, 0) is 11.2 Å². The molecule has 0 bridgehead atoms. The summed E-state index contributed by atoms with van der Waals surface area (Å²) in [6.07, 6.45) is 3.87. The third kappa shape index (κ3) is 3.98. The molecule has 3 heteroatoms. The summed E-state index contributed by atoms with van der Waals surface area (Å²) in [5.74, 6) is 0.225. The first-order chi connectivity index (χ1) is 8.96. The summed E-state index contributed by atoms with van der Waals surface area (Å²) in [7, 11) is 0. The molecule has 1 heterocycles. The Bertz CT molecular complexity index is 454. The largest absolute Gasteiger partial charge is 0.399 e. The molecule has 1 aromatic rings. The van der Waals surface area contributed by atoms with Crippen LogP contribution in [0, 0.1) is 5.41 Å². The van der Waals surface area contributed by atoms with Gasteiger partial charge in [-0.2, -0.15) is 0 Å². The fourth-order valence-corrected chi connectivity index (χ4v) is 2.66. The average molecular weight is 260 g/mol. The van der Waals surface area contributed by atoms with Crippen molar-refractivity contribution >= 4 is 11.6 Å². The minimum atomic E-state index is 0.225. The summed E-state index contributed by atoms with van der Waals surface area (Å²) in [6.45, 7) is 6.36. The van der Waals surface area contributed by atoms with Gasteiger partial charge in [-0.1, -0.05) is 26.0 Å². The number of benzene rings is 1. The molecular formula is C16H24N2O. The molecule has 104 valence electrons. The summed E-state index contributed by atoms with van der Waals surface area (Å²) in [5, 5.41) is 0. The van der Waals surface area contributed by atoms with Gasteiger partial charge in [0.1, 0.15) is 0 Å². The summed E-state index contributed by atoms with van der Waals surface area (Å²) < 4.78 is 0. The van der Waals surface area contributed by atoms with E-state index in [0.29, 0.717) is 11.8 Å². The molecule has 0 aromatic heterocycles. The zero-order valence-corrected chi connectivity index (χ0v) is 12.0. The van der Waals surface area contributed by atoms with Crippen LogP contribution < -0.4 is 5.73 Å². The molecule has 0 saturated carbocycles. The Morgan fingerprint density at radius 1 is 1.32 bits per heavy atom. The number of rotatable bonds is 2. The summed E-state index contributed by atoms with van der Waals surface area (Å²) in [4.78, 5) is 14.3. The van der Waals surface area contributed by atoms with Crippen molar-refractivity contribution in [3.05, 3.63) is 29.8 Å². The second kappa shape index (κ2) is 5.64. The number of hydrogen-bond acceptors (Lipinski definition) is 2. The normalized spacial score (nSPS) is 18.9. The molecule has 0 unspecified atom stereocenters. The quantitative estimate of drug-likeness (QED) is 0.831. The van der Waals surface area contributed by atoms with Crippen molar-refractivity contribution in [3.63, 3.8) is 0 Å². The van der Waals surface area contributed by atoms with Crippen molar-refractivity contribution in [2.45, 2.75) is 39.5 Å². The van der Waals surface area contributed by atoms with Crippen LogP contribution in [0.25, 0.3) is 0 Å². The Balaban J connectivity index is 1.96. The highest BCUT2D eigenvalue weighted by molar-refractivity contribution is 5.79. The highest BCUT2D eigenvalue weighted by Gasteiger charge is 2.25. The van der Waals surface area contributed by atoms with Gasteiger partial charge in [0.2, 0.25) is 5.91 Å². The Morgan fingerprint density at radius 2 is 2.11 bits per heavy atom. The fraction of sp³-hybridized carbons (Fsp3) is 0.562. The lowest BCUT2D eigenvalue weighted by atomic mass is 9.85.